The van der Waals surface area contributed by atoms with Gasteiger partial charge in [-0.05, 0) is 55.8 Å². The summed E-state index contributed by atoms with van der Waals surface area (Å²) >= 11 is 0. The maximum atomic E-state index is 12.5. The van der Waals surface area contributed by atoms with Crippen LogP contribution in [0.5, 0.6) is 5.75 Å². The summed E-state index contributed by atoms with van der Waals surface area (Å²) in [7, 11) is 0. The molecule has 1 atom stereocenters. The molecule has 0 unspecified atom stereocenters. The molecule has 2 aromatic carbocycles. The molecule has 1 saturated heterocycles. The second-order valence-corrected chi connectivity index (χ2v) is 6.47. The smallest absolute Gasteiger partial charge is 0.227 e. The largest absolute Gasteiger partial charge is 0.494 e. The van der Waals surface area contributed by atoms with Gasteiger partial charge in [-0.2, -0.15) is 0 Å². The van der Waals surface area contributed by atoms with Gasteiger partial charge in [0.05, 0.1) is 17.6 Å². The molecule has 1 aliphatic rings. The molecule has 0 bridgehead atoms. The third kappa shape index (κ3) is 2.97. The van der Waals surface area contributed by atoms with Crippen LogP contribution in [-0.4, -0.2) is 29.0 Å². The van der Waals surface area contributed by atoms with E-state index >= 15 is 0 Å². The molecule has 3 aromatic rings. The number of carbonyl (C=O) groups excluding carboxylic acids is 1. The molecule has 0 spiro atoms. The van der Waals surface area contributed by atoms with E-state index in [9.17, 15) is 4.79 Å². The van der Waals surface area contributed by atoms with E-state index in [1.807, 2.05) is 42.2 Å². The SMILES string of the molecule is CCOc1ccc(N2C[C@H](c3nc4ccc(C)cc4[nH]3)CC2=O)cc1. The van der Waals surface area contributed by atoms with Gasteiger partial charge in [-0.1, -0.05) is 6.07 Å². The summed E-state index contributed by atoms with van der Waals surface area (Å²) in [6, 6.07) is 13.9. The van der Waals surface area contributed by atoms with Crippen molar-refractivity contribution in [3.63, 3.8) is 0 Å². The Balaban J connectivity index is 1.56. The van der Waals surface area contributed by atoms with Gasteiger partial charge < -0.3 is 14.6 Å². The van der Waals surface area contributed by atoms with Gasteiger partial charge in [0.1, 0.15) is 11.6 Å². The van der Waals surface area contributed by atoms with Crippen LogP contribution in [0.3, 0.4) is 0 Å². The Labute approximate surface area is 146 Å². The summed E-state index contributed by atoms with van der Waals surface area (Å²) in [6.07, 6.45) is 0.478. The number of ether oxygens (including phenoxy) is 1. The fourth-order valence-corrected chi connectivity index (χ4v) is 3.37. The Bertz CT molecular complexity index is 914. The molecule has 2 heterocycles. The Hall–Kier alpha value is -2.82. The van der Waals surface area contributed by atoms with Crippen LogP contribution in [0, 0.1) is 6.92 Å². The van der Waals surface area contributed by atoms with Crippen molar-refractivity contribution in [2.75, 3.05) is 18.1 Å². The first kappa shape index (κ1) is 15.7. The molecule has 1 N–H and O–H groups in total. The number of nitrogens with zero attached hydrogens (tertiary/aromatic N) is 2. The van der Waals surface area contributed by atoms with Crippen LogP contribution in [0.25, 0.3) is 11.0 Å². The van der Waals surface area contributed by atoms with Crippen LogP contribution in [0.4, 0.5) is 5.69 Å². The van der Waals surface area contributed by atoms with Crippen molar-refractivity contribution in [1.29, 1.82) is 0 Å². The Morgan fingerprint density at radius 3 is 2.80 bits per heavy atom. The van der Waals surface area contributed by atoms with E-state index in [1.165, 1.54) is 5.56 Å². The van der Waals surface area contributed by atoms with Crippen molar-refractivity contribution < 1.29 is 9.53 Å². The molecule has 25 heavy (non-hydrogen) atoms. The fraction of sp³-hybridized carbons (Fsp3) is 0.300. The molecule has 1 amide bonds. The molecule has 0 radical (unpaired) electrons. The first-order valence-electron chi connectivity index (χ1n) is 8.63. The number of carbonyl (C=O) groups is 1. The van der Waals surface area contributed by atoms with Crippen molar-refractivity contribution >= 4 is 22.6 Å². The zero-order valence-corrected chi connectivity index (χ0v) is 14.5. The Morgan fingerprint density at radius 2 is 2.04 bits per heavy atom. The van der Waals surface area contributed by atoms with Gasteiger partial charge in [0.15, 0.2) is 0 Å². The molecule has 1 aromatic heterocycles. The minimum absolute atomic E-state index is 0.0896. The minimum atomic E-state index is 0.0896. The summed E-state index contributed by atoms with van der Waals surface area (Å²) in [5, 5.41) is 0. The lowest BCUT2D eigenvalue weighted by molar-refractivity contribution is -0.117. The van der Waals surface area contributed by atoms with Gasteiger partial charge >= 0.3 is 0 Å². The molecular weight excluding hydrogens is 314 g/mol. The van der Waals surface area contributed by atoms with Crippen molar-refractivity contribution in [2.45, 2.75) is 26.2 Å². The van der Waals surface area contributed by atoms with Gasteiger partial charge in [-0.25, -0.2) is 4.98 Å². The minimum Gasteiger partial charge on any atom is -0.494 e. The Morgan fingerprint density at radius 1 is 1.24 bits per heavy atom. The molecule has 0 aliphatic carbocycles. The van der Waals surface area contributed by atoms with E-state index in [2.05, 4.69) is 29.0 Å². The molecule has 128 valence electrons. The zero-order chi connectivity index (χ0) is 17.4. The van der Waals surface area contributed by atoms with Crippen LogP contribution in [-0.2, 0) is 4.79 Å². The summed E-state index contributed by atoms with van der Waals surface area (Å²) in [5.41, 5.74) is 4.08. The average molecular weight is 335 g/mol. The number of fused-ring (bicyclic) bond motifs is 1. The van der Waals surface area contributed by atoms with E-state index in [1.54, 1.807) is 0 Å². The molecule has 5 heteroatoms. The summed E-state index contributed by atoms with van der Waals surface area (Å²) in [5.74, 6) is 1.93. The van der Waals surface area contributed by atoms with E-state index < -0.39 is 0 Å². The standard InChI is InChI=1S/C20H21N3O2/c1-3-25-16-7-5-15(6-8-16)23-12-14(11-19(23)24)20-21-17-9-4-13(2)10-18(17)22-20/h4-10,14H,3,11-12H2,1-2H3,(H,21,22)/t14-/m1/s1. The quantitative estimate of drug-likeness (QED) is 0.789. The van der Waals surface area contributed by atoms with Crippen LogP contribution in [0.1, 0.15) is 30.7 Å². The number of anilines is 1. The molecule has 1 fully saturated rings. The molecule has 4 rings (SSSR count). The normalized spacial score (nSPS) is 17.4. The fourth-order valence-electron chi connectivity index (χ4n) is 3.37. The van der Waals surface area contributed by atoms with Crippen molar-refractivity contribution in [3.8, 4) is 5.75 Å². The number of benzene rings is 2. The lowest BCUT2D eigenvalue weighted by Gasteiger charge is -2.16. The number of amides is 1. The topological polar surface area (TPSA) is 58.2 Å². The molecule has 0 saturated carbocycles. The van der Waals surface area contributed by atoms with E-state index in [-0.39, 0.29) is 11.8 Å². The van der Waals surface area contributed by atoms with Crippen molar-refractivity contribution in [3.05, 3.63) is 53.9 Å². The predicted molar refractivity (Wildman–Crippen MR) is 98.2 cm³/mol. The highest BCUT2D eigenvalue weighted by Crippen LogP contribution is 2.32. The number of hydrogen-bond donors (Lipinski definition) is 1. The second-order valence-electron chi connectivity index (χ2n) is 6.47. The van der Waals surface area contributed by atoms with Gasteiger partial charge in [0.25, 0.3) is 0 Å². The van der Waals surface area contributed by atoms with Crippen molar-refractivity contribution in [1.82, 2.24) is 9.97 Å². The molecule has 5 nitrogen and oxygen atoms in total. The number of rotatable bonds is 4. The highest BCUT2D eigenvalue weighted by molar-refractivity contribution is 5.96. The van der Waals surface area contributed by atoms with E-state index in [4.69, 9.17) is 4.74 Å². The summed E-state index contributed by atoms with van der Waals surface area (Å²) in [6.45, 7) is 5.30. The first-order valence-corrected chi connectivity index (χ1v) is 8.63. The van der Waals surface area contributed by atoms with Gasteiger partial charge in [-0.3, -0.25) is 4.79 Å². The zero-order valence-electron chi connectivity index (χ0n) is 14.5. The van der Waals surface area contributed by atoms with Crippen LogP contribution in [0.15, 0.2) is 42.5 Å². The second kappa shape index (κ2) is 6.24. The van der Waals surface area contributed by atoms with Gasteiger partial charge in [-0.15, -0.1) is 0 Å². The summed E-state index contributed by atoms with van der Waals surface area (Å²) < 4.78 is 5.47. The number of H-pyrrole nitrogens is 1. The van der Waals surface area contributed by atoms with E-state index in [0.29, 0.717) is 19.6 Å². The lowest BCUT2D eigenvalue weighted by Crippen LogP contribution is -2.24. The third-order valence-corrected chi connectivity index (χ3v) is 4.63. The van der Waals surface area contributed by atoms with Gasteiger partial charge in [0, 0.05) is 24.6 Å². The monoisotopic (exact) mass is 335 g/mol. The number of hydrogen-bond acceptors (Lipinski definition) is 3. The molecule has 1 aliphatic heterocycles. The summed E-state index contributed by atoms with van der Waals surface area (Å²) in [4.78, 5) is 22.4. The maximum Gasteiger partial charge on any atom is 0.227 e. The number of nitrogens with one attached hydrogen (secondary N) is 1. The Kier molecular flexibility index (Phi) is 3.92. The number of aryl methyl sites for hydroxylation is 1. The number of imidazole rings is 1. The van der Waals surface area contributed by atoms with Crippen LogP contribution < -0.4 is 9.64 Å². The molecular formula is C20H21N3O2. The van der Waals surface area contributed by atoms with E-state index in [0.717, 1.165) is 28.3 Å². The predicted octanol–water partition coefficient (Wildman–Crippen LogP) is 3.79. The average Bonchev–Trinajstić information content (AvgIpc) is 3.19. The highest BCUT2D eigenvalue weighted by atomic mass is 16.5. The number of aromatic amines is 1. The van der Waals surface area contributed by atoms with Crippen molar-refractivity contribution in [2.24, 2.45) is 0 Å². The third-order valence-electron chi connectivity index (χ3n) is 4.63. The van der Waals surface area contributed by atoms with Crippen LogP contribution in [0.2, 0.25) is 0 Å². The maximum absolute atomic E-state index is 12.5. The number of aromatic nitrogens is 2. The highest BCUT2D eigenvalue weighted by Gasteiger charge is 2.33. The van der Waals surface area contributed by atoms with Crippen LogP contribution >= 0.6 is 0 Å². The lowest BCUT2D eigenvalue weighted by atomic mass is 10.1. The van der Waals surface area contributed by atoms with Gasteiger partial charge in [0.2, 0.25) is 5.91 Å². The first-order chi connectivity index (χ1) is 12.1.